The molecule has 47 heavy (non-hydrogen) atoms. The summed E-state index contributed by atoms with van der Waals surface area (Å²) in [5.41, 5.74) is 3.03. The highest BCUT2D eigenvalue weighted by Gasteiger charge is 2.59. The number of benzene rings is 1. The lowest BCUT2D eigenvalue weighted by Gasteiger charge is -2.58. The van der Waals surface area contributed by atoms with Crippen LogP contribution < -0.4 is 4.74 Å². The van der Waals surface area contributed by atoms with Crippen LogP contribution in [0.5, 0.6) is 5.75 Å². The van der Waals surface area contributed by atoms with E-state index in [1.165, 1.54) is 96.3 Å². The van der Waals surface area contributed by atoms with Gasteiger partial charge in [-0.1, -0.05) is 117 Å². The average Bonchev–Trinajstić information content (AvgIpc) is 3.41. The number of carbonyl (C=O) groups excluding carboxylic acids is 1. The first-order chi connectivity index (χ1) is 22.7. The molecule has 0 spiro atoms. The van der Waals surface area contributed by atoms with Crippen molar-refractivity contribution in [2.75, 3.05) is 6.61 Å². The van der Waals surface area contributed by atoms with Crippen molar-refractivity contribution in [1.29, 1.82) is 0 Å². The smallest absolute Gasteiger partial charge is 0.338 e. The summed E-state index contributed by atoms with van der Waals surface area (Å²) in [6.07, 6.45) is 27.2. The van der Waals surface area contributed by atoms with Crippen molar-refractivity contribution in [3.63, 3.8) is 0 Å². The van der Waals surface area contributed by atoms with Crippen molar-refractivity contribution in [2.45, 2.75) is 170 Å². The van der Waals surface area contributed by atoms with Crippen LogP contribution in [0.2, 0.25) is 0 Å². The Labute approximate surface area is 289 Å². The normalized spacial score (nSPS) is 32.2. The molecule has 0 amide bonds. The molecule has 8 atom stereocenters. The Morgan fingerprint density at radius 2 is 1.55 bits per heavy atom. The zero-order valence-electron chi connectivity index (χ0n) is 31.3. The van der Waals surface area contributed by atoms with Crippen LogP contribution in [0.4, 0.5) is 0 Å². The fourth-order valence-electron chi connectivity index (χ4n) is 11.1. The predicted octanol–water partition coefficient (Wildman–Crippen LogP) is 12.8. The molecule has 0 aliphatic heterocycles. The molecule has 0 heterocycles. The minimum absolute atomic E-state index is 0.00678. The lowest BCUT2D eigenvalue weighted by Crippen LogP contribution is -2.51. The monoisotopic (exact) mass is 647 g/mol. The van der Waals surface area contributed by atoms with E-state index >= 15 is 0 Å². The van der Waals surface area contributed by atoms with Gasteiger partial charge in [0.25, 0.3) is 0 Å². The Hall–Kier alpha value is -1.77. The highest BCUT2D eigenvalue weighted by molar-refractivity contribution is 5.89. The van der Waals surface area contributed by atoms with E-state index in [0.717, 1.165) is 73.5 Å². The van der Waals surface area contributed by atoms with Gasteiger partial charge < -0.3 is 9.47 Å². The van der Waals surface area contributed by atoms with Crippen LogP contribution in [0.25, 0.3) is 0 Å². The summed E-state index contributed by atoms with van der Waals surface area (Å²) >= 11 is 0. The number of allylic oxidation sites excluding steroid dienone is 1. The Morgan fingerprint density at radius 1 is 0.830 bits per heavy atom. The molecule has 3 heteroatoms. The third-order valence-corrected chi connectivity index (χ3v) is 13.9. The number of ether oxygens (including phenoxy) is 2. The first-order valence-electron chi connectivity index (χ1n) is 20.3. The second-order valence-corrected chi connectivity index (χ2v) is 17.4. The molecule has 1 aromatic carbocycles. The Kier molecular flexibility index (Phi) is 13.0. The van der Waals surface area contributed by atoms with E-state index in [4.69, 9.17) is 9.47 Å². The van der Waals surface area contributed by atoms with Gasteiger partial charge in [0.2, 0.25) is 0 Å². The first-order valence-corrected chi connectivity index (χ1v) is 20.3. The van der Waals surface area contributed by atoms with E-state index < -0.39 is 0 Å². The molecule has 3 fully saturated rings. The quantitative estimate of drug-likeness (QED) is 0.0959. The average molecular weight is 647 g/mol. The molecule has 0 N–H and O–H groups in total. The van der Waals surface area contributed by atoms with Gasteiger partial charge in [0.15, 0.2) is 0 Å². The Bertz CT molecular complexity index is 1150. The molecular weight excluding hydrogens is 576 g/mol. The van der Waals surface area contributed by atoms with Gasteiger partial charge in [0.05, 0.1) is 12.2 Å². The van der Waals surface area contributed by atoms with E-state index in [1.54, 1.807) is 5.57 Å². The van der Waals surface area contributed by atoms with E-state index in [-0.39, 0.29) is 17.5 Å². The van der Waals surface area contributed by atoms with Crippen molar-refractivity contribution in [3.05, 3.63) is 41.5 Å². The largest absolute Gasteiger partial charge is 0.494 e. The lowest BCUT2D eigenvalue weighted by atomic mass is 9.47. The molecule has 4 aliphatic rings. The van der Waals surface area contributed by atoms with Crippen LogP contribution in [0.15, 0.2) is 35.9 Å². The molecule has 0 saturated heterocycles. The van der Waals surface area contributed by atoms with Crippen LogP contribution in [-0.2, 0) is 4.74 Å². The first kappa shape index (κ1) is 36.5. The van der Waals surface area contributed by atoms with Gasteiger partial charge in [0.1, 0.15) is 11.9 Å². The minimum atomic E-state index is -0.185. The number of esters is 1. The number of hydrogen-bond donors (Lipinski definition) is 0. The van der Waals surface area contributed by atoms with Gasteiger partial charge in [-0.15, -0.1) is 0 Å². The van der Waals surface area contributed by atoms with Gasteiger partial charge in [-0.25, -0.2) is 4.79 Å². The fourth-order valence-corrected chi connectivity index (χ4v) is 11.1. The molecule has 4 aliphatic carbocycles. The number of fused-ring (bicyclic) bond motifs is 5. The second kappa shape index (κ2) is 16.8. The number of carbonyl (C=O) groups is 1. The molecule has 0 unspecified atom stereocenters. The van der Waals surface area contributed by atoms with Crippen LogP contribution in [0.1, 0.15) is 174 Å². The van der Waals surface area contributed by atoms with Crippen molar-refractivity contribution in [2.24, 2.45) is 46.3 Å². The number of hydrogen-bond acceptors (Lipinski definition) is 3. The lowest BCUT2D eigenvalue weighted by molar-refractivity contribution is -0.0594. The summed E-state index contributed by atoms with van der Waals surface area (Å²) < 4.78 is 12.1. The molecule has 0 radical (unpaired) electrons. The number of unbranched alkanes of at least 4 members (excludes halogenated alkanes) is 7. The maximum absolute atomic E-state index is 13.2. The third-order valence-electron chi connectivity index (χ3n) is 13.9. The summed E-state index contributed by atoms with van der Waals surface area (Å²) in [4.78, 5) is 13.2. The maximum atomic E-state index is 13.2. The van der Waals surface area contributed by atoms with Gasteiger partial charge in [-0.05, 0) is 122 Å². The van der Waals surface area contributed by atoms with Gasteiger partial charge >= 0.3 is 5.97 Å². The topological polar surface area (TPSA) is 35.5 Å². The molecule has 0 bridgehead atoms. The van der Waals surface area contributed by atoms with Crippen molar-refractivity contribution >= 4 is 5.97 Å². The summed E-state index contributed by atoms with van der Waals surface area (Å²) in [7, 11) is 0. The zero-order chi connectivity index (χ0) is 33.4. The zero-order valence-corrected chi connectivity index (χ0v) is 31.3. The van der Waals surface area contributed by atoms with Crippen LogP contribution in [0, 0.1) is 46.3 Å². The summed E-state index contributed by atoms with van der Waals surface area (Å²) in [6, 6.07) is 7.61. The minimum Gasteiger partial charge on any atom is -0.494 e. The highest BCUT2D eigenvalue weighted by Crippen LogP contribution is 2.67. The third kappa shape index (κ3) is 8.70. The molecule has 1 aromatic rings. The SMILES string of the molecule is CCCCCCCCCCOc1ccc(C(=O)O[C@H]2CC[C@@]3(C)C(=CC[C@H]4[C@@H]5CC[C@H]([C@H](C)CCCC(C)C)[C@@]5(C)CC[C@@H]43)C2)cc1. The van der Waals surface area contributed by atoms with Crippen LogP contribution in [-0.4, -0.2) is 18.7 Å². The molecule has 0 aromatic heterocycles. The van der Waals surface area contributed by atoms with Gasteiger partial charge in [-0.2, -0.15) is 0 Å². The van der Waals surface area contributed by atoms with Gasteiger partial charge in [0, 0.05) is 6.42 Å². The summed E-state index contributed by atoms with van der Waals surface area (Å²) in [5.74, 6) is 5.78. The van der Waals surface area contributed by atoms with Crippen molar-refractivity contribution in [3.8, 4) is 5.75 Å². The molecule has 264 valence electrons. The highest BCUT2D eigenvalue weighted by atomic mass is 16.5. The van der Waals surface area contributed by atoms with Crippen molar-refractivity contribution in [1.82, 2.24) is 0 Å². The van der Waals surface area contributed by atoms with Crippen LogP contribution in [0.3, 0.4) is 0 Å². The molecule has 5 rings (SSSR count). The molecular formula is C44H70O3. The molecule has 3 saturated carbocycles. The van der Waals surface area contributed by atoms with E-state index in [0.29, 0.717) is 11.0 Å². The van der Waals surface area contributed by atoms with Crippen molar-refractivity contribution < 1.29 is 14.3 Å². The fraction of sp³-hybridized carbons (Fsp3) is 0.795. The summed E-state index contributed by atoms with van der Waals surface area (Å²) in [5, 5.41) is 0. The maximum Gasteiger partial charge on any atom is 0.338 e. The van der Waals surface area contributed by atoms with E-state index in [2.05, 4.69) is 47.6 Å². The predicted molar refractivity (Wildman–Crippen MR) is 197 cm³/mol. The summed E-state index contributed by atoms with van der Waals surface area (Å²) in [6.45, 7) is 15.6. The second-order valence-electron chi connectivity index (χ2n) is 17.4. The number of rotatable bonds is 17. The standard InChI is InChI=1S/C44H70O3/c1-7-8-9-10-11-12-13-14-30-46-36-21-18-34(19-22-36)42(45)47-37-26-28-43(5)35(31-37)20-23-38-40-25-24-39(33(4)17-15-16-32(2)3)44(40,6)29-27-41(38)43/h18-22,32-33,37-41H,7-17,23-31H2,1-6H3/t33-,37+,38+,39-,40+,41+,43+,44-/m1/s1. The molecule has 3 nitrogen and oxygen atoms in total. The van der Waals surface area contributed by atoms with E-state index in [9.17, 15) is 4.79 Å². The van der Waals surface area contributed by atoms with Gasteiger partial charge in [-0.3, -0.25) is 0 Å². The Balaban J connectivity index is 1.09. The van der Waals surface area contributed by atoms with E-state index in [1.807, 2.05) is 24.3 Å². The van der Waals surface area contributed by atoms with Crippen LogP contribution >= 0.6 is 0 Å². The Morgan fingerprint density at radius 3 is 2.28 bits per heavy atom.